The summed E-state index contributed by atoms with van der Waals surface area (Å²) in [5.74, 6) is -0.946. The van der Waals surface area contributed by atoms with E-state index in [1.165, 1.54) is 7.11 Å². The highest BCUT2D eigenvalue weighted by Gasteiger charge is 2.45. The Bertz CT molecular complexity index is 610. The third-order valence-electron chi connectivity index (χ3n) is 5.31. The summed E-state index contributed by atoms with van der Waals surface area (Å²) in [6, 6.07) is 9.87. The van der Waals surface area contributed by atoms with Crippen LogP contribution < -0.4 is 0 Å². The minimum Gasteiger partial charge on any atom is -0.469 e. The highest BCUT2D eigenvalue weighted by atomic mass is 16.7. The van der Waals surface area contributed by atoms with Crippen LogP contribution in [0.3, 0.4) is 0 Å². The Morgan fingerprint density at radius 3 is 2.74 bits per heavy atom. The Labute approximate surface area is 160 Å². The van der Waals surface area contributed by atoms with E-state index in [9.17, 15) is 9.59 Å². The minimum absolute atomic E-state index is 0.0366. The van der Waals surface area contributed by atoms with Crippen LogP contribution in [0.4, 0.5) is 0 Å². The zero-order valence-electron chi connectivity index (χ0n) is 15.8. The van der Waals surface area contributed by atoms with Crippen molar-refractivity contribution in [3.05, 3.63) is 35.9 Å². The van der Waals surface area contributed by atoms with Crippen LogP contribution in [-0.2, 0) is 35.1 Å². The molecular weight excluding hydrogens is 348 g/mol. The van der Waals surface area contributed by atoms with Crippen LogP contribution >= 0.6 is 0 Å². The summed E-state index contributed by atoms with van der Waals surface area (Å²) < 4.78 is 22.4. The summed E-state index contributed by atoms with van der Waals surface area (Å²) in [5, 5.41) is 0. The van der Waals surface area contributed by atoms with Gasteiger partial charge in [-0.2, -0.15) is 0 Å². The Morgan fingerprint density at radius 2 is 2.04 bits per heavy atom. The molecule has 1 saturated heterocycles. The Balaban J connectivity index is 1.62. The van der Waals surface area contributed by atoms with Gasteiger partial charge < -0.3 is 18.9 Å². The van der Waals surface area contributed by atoms with Gasteiger partial charge in [-0.1, -0.05) is 30.3 Å². The van der Waals surface area contributed by atoms with Gasteiger partial charge in [0.1, 0.15) is 5.78 Å². The van der Waals surface area contributed by atoms with Gasteiger partial charge in [0.15, 0.2) is 6.29 Å². The van der Waals surface area contributed by atoms with Crippen LogP contribution in [0.1, 0.15) is 37.7 Å². The van der Waals surface area contributed by atoms with Gasteiger partial charge in [0, 0.05) is 24.9 Å². The molecule has 27 heavy (non-hydrogen) atoms. The van der Waals surface area contributed by atoms with Crippen molar-refractivity contribution < 1.29 is 28.5 Å². The van der Waals surface area contributed by atoms with Gasteiger partial charge in [0.2, 0.25) is 0 Å². The number of esters is 1. The van der Waals surface area contributed by atoms with E-state index in [0.717, 1.165) is 24.8 Å². The average molecular weight is 376 g/mol. The van der Waals surface area contributed by atoms with E-state index >= 15 is 0 Å². The molecule has 0 spiro atoms. The quantitative estimate of drug-likeness (QED) is 0.650. The summed E-state index contributed by atoms with van der Waals surface area (Å²) in [6.07, 6.45) is 2.74. The maximum atomic E-state index is 12.5. The lowest BCUT2D eigenvalue weighted by atomic mass is 9.92. The Kier molecular flexibility index (Phi) is 7.38. The molecular formula is C21H28O6. The summed E-state index contributed by atoms with van der Waals surface area (Å²) in [4.78, 5) is 24.3. The number of Topliss-reactive ketones (excluding diaryl/α,β-unsaturated/α-hetero) is 1. The highest BCUT2D eigenvalue weighted by Crippen LogP contribution is 2.36. The fourth-order valence-electron chi connectivity index (χ4n) is 3.80. The number of hydrogen-bond acceptors (Lipinski definition) is 6. The first-order valence-corrected chi connectivity index (χ1v) is 9.65. The van der Waals surface area contributed by atoms with E-state index in [2.05, 4.69) is 0 Å². The topological polar surface area (TPSA) is 71.1 Å². The lowest BCUT2D eigenvalue weighted by Crippen LogP contribution is -2.34. The lowest BCUT2D eigenvalue weighted by molar-refractivity contribution is -0.199. The van der Waals surface area contributed by atoms with Crippen LogP contribution in [0, 0.1) is 11.8 Å². The van der Waals surface area contributed by atoms with Gasteiger partial charge in [-0.15, -0.1) is 0 Å². The number of rotatable bonds is 8. The number of methoxy groups -OCH3 is 1. The standard InChI is InChI=1S/C21H28O6/c1-24-20(23)11-16-17(14-25-13-15-7-3-2-4-8-15)19(12-18(16)22)27-21-9-5-6-10-26-21/h2-4,7-8,16-17,19,21H,5-6,9-14H2,1H3. The molecule has 4 unspecified atom stereocenters. The molecule has 1 aliphatic heterocycles. The minimum atomic E-state index is -0.429. The van der Waals surface area contributed by atoms with Crippen molar-refractivity contribution in [2.75, 3.05) is 20.3 Å². The molecule has 2 aliphatic rings. The number of ether oxygens (including phenoxy) is 4. The van der Waals surface area contributed by atoms with Crippen molar-refractivity contribution in [1.82, 2.24) is 0 Å². The number of hydrogen-bond donors (Lipinski definition) is 0. The summed E-state index contributed by atoms with van der Waals surface area (Å²) in [7, 11) is 1.34. The number of carbonyl (C=O) groups is 2. The molecule has 1 aromatic carbocycles. The molecule has 0 amide bonds. The maximum Gasteiger partial charge on any atom is 0.306 e. The Morgan fingerprint density at radius 1 is 1.22 bits per heavy atom. The third-order valence-corrected chi connectivity index (χ3v) is 5.31. The predicted octanol–water partition coefficient (Wildman–Crippen LogP) is 2.88. The zero-order valence-corrected chi connectivity index (χ0v) is 15.8. The van der Waals surface area contributed by atoms with Crippen LogP contribution in [0.15, 0.2) is 30.3 Å². The third kappa shape index (κ3) is 5.61. The van der Waals surface area contributed by atoms with Crippen molar-refractivity contribution in [3.8, 4) is 0 Å². The van der Waals surface area contributed by atoms with E-state index in [-0.39, 0.29) is 36.5 Å². The van der Waals surface area contributed by atoms with Gasteiger partial charge in [-0.3, -0.25) is 9.59 Å². The molecule has 3 rings (SSSR count). The van der Waals surface area contributed by atoms with E-state index in [1.807, 2.05) is 30.3 Å². The number of ketones is 1. The molecule has 6 nitrogen and oxygen atoms in total. The van der Waals surface area contributed by atoms with Crippen molar-refractivity contribution >= 4 is 11.8 Å². The fraction of sp³-hybridized carbons (Fsp3) is 0.619. The SMILES string of the molecule is COC(=O)CC1C(=O)CC(OC2CCCCO2)C1COCc1ccccc1. The summed E-state index contributed by atoms with van der Waals surface area (Å²) in [5.41, 5.74) is 1.07. The van der Waals surface area contributed by atoms with Crippen molar-refractivity contribution in [2.24, 2.45) is 11.8 Å². The number of carbonyl (C=O) groups excluding carboxylic acids is 2. The molecule has 1 aromatic rings. The number of benzene rings is 1. The monoisotopic (exact) mass is 376 g/mol. The van der Waals surface area contributed by atoms with Gasteiger partial charge >= 0.3 is 5.97 Å². The lowest BCUT2D eigenvalue weighted by Gasteiger charge is -2.29. The largest absolute Gasteiger partial charge is 0.469 e. The van der Waals surface area contributed by atoms with Crippen molar-refractivity contribution in [1.29, 1.82) is 0 Å². The molecule has 4 atom stereocenters. The molecule has 1 heterocycles. The van der Waals surface area contributed by atoms with Gasteiger partial charge in [-0.25, -0.2) is 0 Å². The summed E-state index contributed by atoms with van der Waals surface area (Å²) >= 11 is 0. The highest BCUT2D eigenvalue weighted by molar-refractivity contribution is 5.88. The van der Waals surface area contributed by atoms with Gasteiger partial charge in [0.25, 0.3) is 0 Å². The first kappa shape index (κ1) is 20.0. The van der Waals surface area contributed by atoms with Crippen LogP contribution in [0.5, 0.6) is 0 Å². The Hall–Kier alpha value is -1.76. The predicted molar refractivity (Wildman–Crippen MR) is 97.8 cm³/mol. The molecule has 6 heteroatoms. The maximum absolute atomic E-state index is 12.5. The summed E-state index contributed by atoms with van der Waals surface area (Å²) in [6.45, 7) is 1.51. The molecule has 0 bridgehead atoms. The molecule has 1 saturated carbocycles. The smallest absolute Gasteiger partial charge is 0.306 e. The van der Waals surface area contributed by atoms with Crippen LogP contribution in [-0.4, -0.2) is 44.5 Å². The fourth-order valence-corrected chi connectivity index (χ4v) is 3.80. The van der Waals surface area contributed by atoms with E-state index in [1.54, 1.807) is 0 Å². The van der Waals surface area contributed by atoms with Gasteiger partial charge in [-0.05, 0) is 24.8 Å². The van der Waals surface area contributed by atoms with Crippen molar-refractivity contribution in [3.63, 3.8) is 0 Å². The second-order valence-corrected chi connectivity index (χ2v) is 7.19. The second kappa shape index (κ2) is 9.97. The average Bonchev–Trinajstić information content (AvgIpc) is 2.98. The molecule has 1 aliphatic carbocycles. The van der Waals surface area contributed by atoms with E-state index < -0.39 is 5.92 Å². The molecule has 0 aromatic heterocycles. The normalized spacial score (nSPS) is 28.3. The first-order valence-electron chi connectivity index (χ1n) is 9.65. The van der Waals surface area contributed by atoms with Crippen molar-refractivity contribution in [2.45, 2.75) is 51.1 Å². The molecule has 0 N–H and O–H groups in total. The van der Waals surface area contributed by atoms with Crippen LogP contribution in [0.25, 0.3) is 0 Å². The first-order chi connectivity index (χ1) is 13.2. The molecule has 148 valence electrons. The molecule has 2 fully saturated rings. The van der Waals surface area contributed by atoms with Gasteiger partial charge in [0.05, 0.1) is 32.8 Å². The van der Waals surface area contributed by atoms with Crippen LogP contribution in [0.2, 0.25) is 0 Å². The van der Waals surface area contributed by atoms with E-state index in [0.29, 0.717) is 26.2 Å². The zero-order chi connectivity index (χ0) is 19.1. The van der Waals surface area contributed by atoms with E-state index in [4.69, 9.17) is 18.9 Å². The second-order valence-electron chi connectivity index (χ2n) is 7.19. The molecule has 0 radical (unpaired) electrons.